The van der Waals surface area contributed by atoms with Gasteiger partial charge in [0.1, 0.15) is 0 Å². The molecule has 0 rings (SSSR count). The van der Waals surface area contributed by atoms with Gasteiger partial charge < -0.3 is 15.7 Å². The highest BCUT2D eigenvalue weighted by Crippen LogP contribution is 2.12. The average molecular weight is 244 g/mol. The predicted molar refractivity (Wildman–Crippen MR) is 66.9 cm³/mol. The minimum absolute atomic E-state index is 0.102. The van der Waals surface area contributed by atoms with Crippen molar-refractivity contribution < 1.29 is 14.7 Å². The van der Waals surface area contributed by atoms with Crippen molar-refractivity contribution in [2.45, 2.75) is 46.6 Å². The smallest absolute Gasteiger partial charge is 0.315 e. The number of hydrogen-bond donors (Lipinski definition) is 3. The topological polar surface area (TPSA) is 78.4 Å². The molecule has 0 saturated heterocycles. The number of carbonyl (C=O) groups excluding carboxylic acids is 1. The molecule has 2 unspecified atom stereocenters. The number of nitrogens with one attached hydrogen (secondary N) is 2. The molecule has 0 heterocycles. The van der Waals surface area contributed by atoms with Gasteiger partial charge in [-0.2, -0.15) is 0 Å². The summed E-state index contributed by atoms with van der Waals surface area (Å²) in [5.74, 6) is -1.01. The van der Waals surface area contributed by atoms with Gasteiger partial charge in [0.2, 0.25) is 0 Å². The molecule has 17 heavy (non-hydrogen) atoms. The molecule has 5 nitrogen and oxygen atoms in total. The third-order valence-corrected chi connectivity index (χ3v) is 3.11. The first-order valence-electron chi connectivity index (χ1n) is 6.19. The lowest BCUT2D eigenvalue weighted by atomic mass is 9.96. The molecule has 2 atom stereocenters. The lowest BCUT2D eigenvalue weighted by Crippen LogP contribution is -2.45. The van der Waals surface area contributed by atoms with Gasteiger partial charge >= 0.3 is 12.0 Å². The van der Waals surface area contributed by atoms with Gasteiger partial charge in [0.15, 0.2) is 0 Å². The van der Waals surface area contributed by atoms with E-state index in [0.29, 0.717) is 5.92 Å². The minimum Gasteiger partial charge on any atom is -0.481 e. The second-order valence-electron chi connectivity index (χ2n) is 4.46. The lowest BCUT2D eigenvalue weighted by Gasteiger charge is -2.22. The van der Waals surface area contributed by atoms with Gasteiger partial charge in [-0.3, -0.25) is 4.79 Å². The molecule has 0 aromatic rings. The Balaban J connectivity index is 3.97. The Hall–Kier alpha value is -1.26. The Labute approximate surface area is 103 Å². The standard InChI is InChI=1S/C12H24N2O3/c1-5-10(6-2)9(4)14-12(17)13-7-8(3)11(15)16/h8-10H,5-7H2,1-4H3,(H,15,16)(H2,13,14,17). The van der Waals surface area contributed by atoms with Crippen LogP contribution in [0.3, 0.4) is 0 Å². The number of aliphatic carboxylic acids is 1. The van der Waals surface area contributed by atoms with E-state index in [-0.39, 0.29) is 18.6 Å². The predicted octanol–water partition coefficient (Wildman–Crippen LogP) is 1.83. The number of urea groups is 1. The van der Waals surface area contributed by atoms with Crippen LogP contribution in [-0.2, 0) is 4.79 Å². The van der Waals surface area contributed by atoms with Crippen LogP contribution in [0.1, 0.15) is 40.5 Å². The fraction of sp³-hybridized carbons (Fsp3) is 0.833. The Bertz CT molecular complexity index is 252. The third kappa shape index (κ3) is 6.14. The fourth-order valence-corrected chi connectivity index (χ4v) is 1.70. The Morgan fingerprint density at radius 2 is 1.71 bits per heavy atom. The van der Waals surface area contributed by atoms with E-state index < -0.39 is 11.9 Å². The number of carbonyl (C=O) groups is 2. The summed E-state index contributed by atoms with van der Waals surface area (Å²) in [6.07, 6.45) is 2.03. The monoisotopic (exact) mass is 244 g/mol. The van der Waals surface area contributed by atoms with Crippen LogP contribution >= 0.6 is 0 Å². The number of rotatable bonds is 7. The van der Waals surface area contributed by atoms with Crippen LogP contribution < -0.4 is 10.6 Å². The molecule has 100 valence electrons. The van der Waals surface area contributed by atoms with Gasteiger partial charge in [-0.25, -0.2) is 4.79 Å². The first kappa shape index (κ1) is 15.7. The molecule has 0 aliphatic rings. The molecule has 0 aromatic heterocycles. The molecule has 0 spiro atoms. The molecule has 0 aromatic carbocycles. The lowest BCUT2D eigenvalue weighted by molar-refractivity contribution is -0.140. The quantitative estimate of drug-likeness (QED) is 0.639. The molecular weight excluding hydrogens is 220 g/mol. The Morgan fingerprint density at radius 1 is 1.18 bits per heavy atom. The van der Waals surface area contributed by atoms with Gasteiger partial charge in [0.25, 0.3) is 0 Å². The molecule has 3 N–H and O–H groups in total. The Kier molecular flexibility index (Phi) is 7.34. The highest BCUT2D eigenvalue weighted by molar-refractivity contribution is 5.75. The minimum atomic E-state index is -0.904. The van der Waals surface area contributed by atoms with E-state index in [2.05, 4.69) is 24.5 Å². The molecule has 0 aliphatic carbocycles. The molecule has 0 saturated carbocycles. The summed E-state index contributed by atoms with van der Waals surface area (Å²) < 4.78 is 0. The molecule has 0 radical (unpaired) electrons. The normalized spacial score (nSPS) is 14.2. The zero-order chi connectivity index (χ0) is 13.4. The summed E-state index contributed by atoms with van der Waals surface area (Å²) in [5.41, 5.74) is 0. The summed E-state index contributed by atoms with van der Waals surface area (Å²) >= 11 is 0. The van der Waals surface area contributed by atoms with Crippen LogP contribution in [0.4, 0.5) is 4.79 Å². The van der Waals surface area contributed by atoms with Gasteiger partial charge in [-0.05, 0) is 12.8 Å². The van der Waals surface area contributed by atoms with Crippen molar-refractivity contribution in [2.75, 3.05) is 6.54 Å². The van der Waals surface area contributed by atoms with E-state index in [0.717, 1.165) is 12.8 Å². The second kappa shape index (κ2) is 7.92. The average Bonchev–Trinajstić information content (AvgIpc) is 2.27. The van der Waals surface area contributed by atoms with Crippen LogP contribution in [0.5, 0.6) is 0 Å². The Morgan fingerprint density at radius 3 is 2.12 bits per heavy atom. The van der Waals surface area contributed by atoms with Gasteiger partial charge in [0, 0.05) is 12.6 Å². The van der Waals surface area contributed by atoms with Crippen molar-refractivity contribution in [1.29, 1.82) is 0 Å². The van der Waals surface area contributed by atoms with Crippen LogP contribution in [0.2, 0.25) is 0 Å². The van der Waals surface area contributed by atoms with Crippen molar-refractivity contribution in [3.05, 3.63) is 0 Å². The molecule has 5 heteroatoms. The highest BCUT2D eigenvalue weighted by atomic mass is 16.4. The molecule has 0 fully saturated rings. The van der Waals surface area contributed by atoms with Crippen molar-refractivity contribution in [1.82, 2.24) is 10.6 Å². The van der Waals surface area contributed by atoms with Crippen LogP contribution in [0, 0.1) is 11.8 Å². The van der Waals surface area contributed by atoms with E-state index in [1.807, 2.05) is 6.92 Å². The summed E-state index contributed by atoms with van der Waals surface area (Å²) in [6.45, 7) is 7.87. The number of hydrogen-bond acceptors (Lipinski definition) is 2. The number of carboxylic acids is 1. The van der Waals surface area contributed by atoms with Gasteiger partial charge in [-0.15, -0.1) is 0 Å². The van der Waals surface area contributed by atoms with Crippen molar-refractivity contribution in [3.8, 4) is 0 Å². The largest absolute Gasteiger partial charge is 0.481 e. The van der Waals surface area contributed by atoms with Crippen LogP contribution in [0.25, 0.3) is 0 Å². The van der Waals surface area contributed by atoms with Gasteiger partial charge in [-0.1, -0.05) is 33.6 Å². The van der Waals surface area contributed by atoms with Crippen molar-refractivity contribution in [3.63, 3.8) is 0 Å². The molecule has 0 aliphatic heterocycles. The number of amides is 2. The van der Waals surface area contributed by atoms with E-state index in [1.54, 1.807) is 6.92 Å². The van der Waals surface area contributed by atoms with E-state index >= 15 is 0 Å². The summed E-state index contributed by atoms with van der Waals surface area (Å²) in [7, 11) is 0. The van der Waals surface area contributed by atoms with E-state index in [1.165, 1.54) is 0 Å². The van der Waals surface area contributed by atoms with E-state index in [9.17, 15) is 9.59 Å². The highest BCUT2D eigenvalue weighted by Gasteiger charge is 2.17. The van der Waals surface area contributed by atoms with Crippen molar-refractivity contribution in [2.24, 2.45) is 11.8 Å². The third-order valence-electron chi connectivity index (χ3n) is 3.11. The van der Waals surface area contributed by atoms with Crippen LogP contribution in [0.15, 0.2) is 0 Å². The summed E-state index contributed by atoms with van der Waals surface area (Å²) in [5, 5.41) is 14.1. The zero-order valence-electron chi connectivity index (χ0n) is 11.1. The molecule has 0 bridgehead atoms. The number of carboxylic acid groups (broad SMARTS) is 1. The first-order chi connectivity index (χ1) is 7.92. The van der Waals surface area contributed by atoms with Crippen molar-refractivity contribution >= 4 is 12.0 Å². The van der Waals surface area contributed by atoms with E-state index in [4.69, 9.17) is 5.11 Å². The SMILES string of the molecule is CCC(CC)C(C)NC(=O)NCC(C)C(=O)O. The van der Waals surface area contributed by atoms with Gasteiger partial charge in [0.05, 0.1) is 5.92 Å². The first-order valence-corrected chi connectivity index (χ1v) is 6.19. The summed E-state index contributed by atoms with van der Waals surface area (Å²) in [6, 6.07) is -0.192. The fourth-order valence-electron chi connectivity index (χ4n) is 1.70. The van der Waals surface area contributed by atoms with Crippen LogP contribution in [-0.4, -0.2) is 29.7 Å². The molecule has 2 amide bonds. The zero-order valence-corrected chi connectivity index (χ0v) is 11.1. The maximum absolute atomic E-state index is 11.5. The second-order valence-corrected chi connectivity index (χ2v) is 4.46. The maximum atomic E-state index is 11.5. The maximum Gasteiger partial charge on any atom is 0.315 e. The summed E-state index contributed by atoms with van der Waals surface area (Å²) in [4.78, 5) is 22.1. The molecular formula is C12H24N2O3.